The van der Waals surface area contributed by atoms with Crippen molar-refractivity contribution in [2.24, 2.45) is 0 Å². The lowest BCUT2D eigenvalue weighted by molar-refractivity contribution is 0.0599. The van der Waals surface area contributed by atoms with E-state index in [4.69, 9.17) is 5.11 Å². The fourth-order valence-electron chi connectivity index (χ4n) is 1.46. The summed E-state index contributed by atoms with van der Waals surface area (Å²) in [5.74, 6) is -1.28. The summed E-state index contributed by atoms with van der Waals surface area (Å²) >= 11 is 0. The lowest BCUT2D eigenvalue weighted by atomic mass is 10.2. The molecule has 0 unspecified atom stereocenters. The molecule has 2 rings (SSSR count). The van der Waals surface area contributed by atoms with E-state index in [1.165, 1.54) is 19.5 Å². The number of aryl methyl sites for hydroxylation is 2. The molecule has 0 fully saturated rings. The molecular weight excluding hydrogens is 272 g/mol. The maximum atomic E-state index is 10.9. The van der Waals surface area contributed by atoms with Crippen molar-refractivity contribution in [1.82, 2.24) is 9.97 Å². The zero-order chi connectivity index (χ0) is 15.8. The van der Waals surface area contributed by atoms with Crippen molar-refractivity contribution in [3.8, 4) is 0 Å². The third-order valence-electron chi connectivity index (χ3n) is 2.42. The molecular formula is C15H16N2O4. The number of aromatic nitrogens is 2. The number of carboxylic acids is 1. The van der Waals surface area contributed by atoms with Crippen LogP contribution >= 0.6 is 0 Å². The maximum absolute atomic E-state index is 10.9. The van der Waals surface area contributed by atoms with E-state index >= 15 is 0 Å². The van der Waals surface area contributed by atoms with Crippen molar-refractivity contribution in [2.45, 2.75) is 13.8 Å². The predicted octanol–water partition coefficient (Wildman–Crippen LogP) is 2.26. The minimum absolute atomic E-state index is 0.236. The first-order valence-corrected chi connectivity index (χ1v) is 6.09. The first kappa shape index (κ1) is 16.3. The van der Waals surface area contributed by atoms with E-state index in [-0.39, 0.29) is 11.5 Å². The lowest BCUT2D eigenvalue weighted by Crippen LogP contribution is -2.01. The van der Waals surface area contributed by atoms with Gasteiger partial charge in [-0.15, -0.1) is 0 Å². The van der Waals surface area contributed by atoms with E-state index in [1.54, 1.807) is 31.5 Å². The highest BCUT2D eigenvalue weighted by Crippen LogP contribution is 2.02. The van der Waals surface area contributed by atoms with E-state index in [1.807, 2.05) is 6.92 Å². The Bertz CT molecular complexity index is 641. The number of carboxylic acid groups (broad SMARTS) is 1. The Labute approximate surface area is 122 Å². The molecule has 1 N–H and O–H groups in total. The van der Waals surface area contributed by atoms with E-state index in [0.29, 0.717) is 5.56 Å². The average molecular weight is 288 g/mol. The molecule has 6 nitrogen and oxygen atoms in total. The summed E-state index contributed by atoms with van der Waals surface area (Å²) in [6.07, 6.45) is 6.12. The summed E-state index contributed by atoms with van der Waals surface area (Å²) in [5.41, 5.74) is 2.54. The predicted molar refractivity (Wildman–Crippen MR) is 76.2 cm³/mol. The molecule has 0 radical (unpaired) electrons. The quantitative estimate of drug-likeness (QED) is 0.853. The summed E-state index contributed by atoms with van der Waals surface area (Å²) in [4.78, 5) is 28.8. The summed E-state index contributed by atoms with van der Waals surface area (Å²) in [6, 6.07) is 3.31. The summed E-state index contributed by atoms with van der Waals surface area (Å²) < 4.78 is 4.51. The first-order valence-electron chi connectivity index (χ1n) is 6.09. The third-order valence-corrected chi connectivity index (χ3v) is 2.42. The minimum Gasteiger partial charge on any atom is -0.478 e. The lowest BCUT2D eigenvalue weighted by Gasteiger charge is -1.97. The summed E-state index contributed by atoms with van der Waals surface area (Å²) in [7, 11) is 1.35. The van der Waals surface area contributed by atoms with Crippen LogP contribution in [0.5, 0.6) is 0 Å². The Kier molecular flexibility index (Phi) is 6.00. The van der Waals surface area contributed by atoms with Crippen LogP contribution in [0.3, 0.4) is 0 Å². The summed E-state index contributed by atoms with van der Waals surface area (Å²) in [6.45, 7) is 3.68. The van der Waals surface area contributed by atoms with E-state index in [2.05, 4.69) is 14.7 Å². The normalized spacial score (nSPS) is 9.29. The molecule has 0 amide bonds. The highest BCUT2D eigenvalue weighted by molar-refractivity contribution is 5.89. The molecule has 0 aliphatic rings. The van der Waals surface area contributed by atoms with Gasteiger partial charge in [-0.05, 0) is 37.1 Å². The van der Waals surface area contributed by atoms with Gasteiger partial charge in [0.1, 0.15) is 0 Å². The molecule has 2 heterocycles. The van der Waals surface area contributed by atoms with Gasteiger partial charge in [0.2, 0.25) is 0 Å². The van der Waals surface area contributed by atoms with Crippen LogP contribution in [-0.4, -0.2) is 34.1 Å². The second-order valence-corrected chi connectivity index (χ2v) is 4.30. The van der Waals surface area contributed by atoms with Crippen molar-refractivity contribution in [2.75, 3.05) is 7.11 Å². The number of nitrogens with zero attached hydrogens (tertiary/aromatic N) is 2. The molecule has 0 aliphatic carbocycles. The van der Waals surface area contributed by atoms with Crippen molar-refractivity contribution >= 4 is 11.9 Å². The number of pyridine rings is 2. The molecule has 6 heteroatoms. The number of hydrogen-bond acceptors (Lipinski definition) is 5. The van der Waals surface area contributed by atoms with Crippen molar-refractivity contribution in [3.63, 3.8) is 0 Å². The van der Waals surface area contributed by atoms with Crippen molar-refractivity contribution < 1.29 is 19.4 Å². The Morgan fingerprint density at radius 1 is 0.952 bits per heavy atom. The molecule has 0 aromatic carbocycles. The molecule has 21 heavy (non-hydrogen) atoms. The van der Waals surface area contributed by atoms with Gasteiger partial charge in [-0.2, -0.15) is 0 Å². The van der Waals surface area contributed by atoms with Gasteiger partial charge >= 0.3 is 11.9 Å². The molecule has 0 aliphatic heterocycles. The standard InChI is InChI=1S/C8H9NO2.C7H7NO2/c1-6-3-7(5-9-4-6)8(10)11-2;1-5-2-6(7(9)10)4-8-3-5/h3-5H,1-2H3;2-4H,1H3,(H,9,10). The number of carbonyl (C=O) groups excluding carboxylic acids is 1. The van der Waals surface area contributed by atoms with Gasteiger partial charge in [-0.25, -0.2) is 9.59 Å². The fraction of sp³-hybridized carbons (Fsp3) is 0.200. The second-order valence-electron chi connectivity index (χ2n) is 4.30. The maximum Gasteiger partial charge on any atom is 0.339 e. The van der Waals surface area contributed by atoms with Gasteiger partial charge in [-0.1, -0.05) is 0 Å². The SMILES string of the molecule is COC(=O)c1cncc(C)c1.Cc1cncc(C(=O)O)c1. The van der Waals surface area contributed by atoms with Gasteiger partial charge in [0.15, 0.2) is 0 Å². The number of rotatable bonds is 2. The van der Waals surface area contributed by atoms with Crippen LogP contribution in [0.4, 0.5) is 0 Å². The zero-order valence-electron chi connectivity index (χ0n) is 12.0. The molecule has 0 bridgehead atoms. The van der Waals surface area contributed by atoms with Crippen LogP contribution in [0.1, 0.15) is 31.8 Å². The van der Waals surface area contributed by atoms with Crippen LogP contribution in [0.2, 0.25) is 0 Å². The number of hydrogen-bond donors (Lipinski definition) is 1. The molecule has 0 saturated carbocycles. The molecule has 0 spiro atoms. The van der Waals surface area contributed by atoms with Crippen LogP contribution < -0.4 is 0 Å². The number of ether oxygens (including phenoxy) is 1. The summed E-state index contributed by atoms with van der Waals surface area (Å²) in [5, 5.41) is 8.47. The van der Waals surface area contributed by atoms with Crippen LogP contribution in [-0.2, 0) is 4.74 Å². The Hall–Kier alpha value is -2.76. The van der Waals surface area contributed by atoms with E-state index < -0.39 is 5.97 Å². The average Bonchev–Trinajstić information content (AvgIpc) is 2.47. The van der Waals surface area contributed by atoms with Gasteiger partial charge < -0.3 is 9.84 Å². The minimum atomic E-state index is -0.934. The van der Waals surface area contributed by atoms with E-state index in [9.17, 15) is 9.59 Å². The topological polar surface area (TPSA) is 89.4 Å². The first-order chi connectivity index (χ1) is 9.93. The Morgan fingerprint density at radius 3 is 1.81 bits per heavy atom. The Morgan fingerprint density at radius 2 is 1.43 bits per heavy atom. The number of aromatic carboxylic acids is 1. The number of esters is 1. The zero-order valence-corrected chi connectivity index (χ0v) is 12.0. The third kappa shape index (κ3) is 5.40. The molecule has 2 aromatic rings. The molecule has 110 valence electrons. The number of carbonyl (C=O) groups is 2. The highest BCUT2D eigenvalue weighted by atomic mass is 16.5. The van der Waals surface area contributed by atoms with E-state index in [0.717, 1.165) is 11.1 Å². The van der Waals surface area contributed by atoms with Gasteiger partial charge in [0, 0.05) is 24.8 Å². The van der Waals surface area contributed by atoms with Gasteiger partial charge in [0.05, 0.1) is 18.2 Å². The van der Waals surface area contributed by atoms with Crippen LogP contribution in [0, 0.1) is 13.8 Å². The van der Waals surface area contributed by atoms with Gasteiger partial charge in [-0.3, -0.25) is 9.97 Å². The van der Waals surface area contributed by atoms with Crippen LogP contribution in [0.25, 0.3) is 0 Å². The molecule has 0 atom stereocenters. The largest absolute Gasteiger partial charge is 0.478 e. The van der Waals surface area contributed by atoms with Gasteiger partial charge in [0.25, 0.3) is 0 Å². The fourth-order valence-corrected chi connectivity index (χ4v) is 1.46. The molecule has 2 aromatic heterocycles. The second kappa shape index (κ2) is 7.74. The smallest absolute Gasteiger partial charge is 0.339 e. The van der Waals surface area contributed by atoms with Crippen LogP contribution in [0.15, 0.2) is 36.9 Å². The van der Waals surface area contributed by atoms with Crippen molar-refractivity contribution in [3.05, 3.63) is 59.2 Å². The molecule has 0 saturated heterocycles. The highest BCUT2D eigenvalue weighted by Gasteiger charge is 2.03. The van der Waals surface area contributed by atoms with Crippen molar-refractivity contribution in [1.29, 1.82) is 0 Å². The Balaban J connectivity index is 0.000000211. The monoisotopic (exact) mass is 288 g/mol. The number of methoxy groups -OCH3 is 1.